The van der Waals surface area contributed by atoms with Crippen molar-refractivity contribution in [3.05, 3.63) is 62.8 Å². The molecule has 0 saturated carbocycles. The van der Waals surface area contributed by atoms with Gasteiger partial charge in [-0.15, -0.1) is 11.3 Å². The summed E-state index contributed by atoms with van der Waals surface area (Å²) < 4.78 is 14.6. The molecule has 0 spiro atoms. The number of hydrogen-bond acceptors (Lipinski definition) is 4. The molecule has 2 aromatic heterocycles. The number of amides is 1. The van der Waals surface area contributed by atoms with Gasteiger partial charge < -0.3 is 5.32 Å². The Labute approximate surface area is 129 Å². The second-order valence-corrected chi connectivity index (χ2v) is 5.98. The molecule has 0 atom stereocenters. The third-order valence-electron chi connectivity index (χ3n) is 3.35. The Balaban J connectivity index is 2.03. The Hall–Kier alpha value is -2.54. The van der Waals surface area contributed by atoms with Gasteiger partial charge in [-0.3, -0.25) is 14.0 Å². The molecule has 0 bridgehead atoms. The molecule has 1 N–H and O–H groups in total. The lowest BCUT2D eigenvalue weighted by atomic mass is 10.2. The monoisotopic (exact) mass is 317 g/mol. The third-order valence-corrected chi connectivity index (χ3v) is 4.42. The highest BCUT2D eigenvalue weighted by molar-refractivity contribution is 7.17. The van der Waals surface area contributed by atoms with Gasteiger partial charge in [0.2, 0.25) is 0 Å². The first kappa shape index (κ1) is 14.4. The topological polar surface area (TPSA) is 63.5 Å². The van der Waals surface area contributed by atoms with Gasteiger partial charge in [-0.05, 0) is 32.0 Å². The van der Waals surface area contributed by atoms with Gasteiger partial charge in [0.1, 0.15) is 11.4 Å². The zero-order valence-electron chi connectivity index (χ0n) is 11.9. The van der Waals surface area contributed by atoms with Crippen LogP contribution in [0.1, 0.15) is 20.9 Å². The quantitative estimate of drug-likeness (QED) is 0.790. The molecule has 5 nitrogen and oxygen atoms in total. The van der Waals surface area contributed by atoms with E-state index in [0.29, 0.717) is 4.96 Å². The number of fused-ring (bicyclic) bond motifs is 1. The SMILES string of the molecule is Cc1sc2ncc(C(=O)Nc3cccc(F)c3)c(=O)n2c1C. The second-order valence-electron chi connectivity index (χ2n) is 4.80. The normalized spacial score (nSPS) is 10.9. The molecular weight excluding hydrogens is 305 g/mol. The molecule has 1 aromatic carbocycles. The van der Waals surface area contributed by atoms with Crippen molar-refractivity contribution in [3.63, 3.8) is 0 Å². The Morgan fingerprint density at radius 2 is 2.14 bits per heavy atom. The molecule has 0 aliphatic rings. The lowest BCUT2D eigenvalue weighted by Gasteiger charge is -2.05. The van der Waals surface area contributed by atoms with Crippen molar-refractivity contribution in [1.82, 2.24) is 9.38 Å². The molecule has 0 saturated heterocycles. The van der Waals surface area contributed by atoms with Crippen molar-refractivity contribution < 1.29 is 9.18 Å². The number of thiazole rings is 1. The molecule has 7 heteroatoms. The van der Waals surface area contributed by atoms with Crippen LogP contribution in [-0.4, -0.2) is 15.3 Å². The maximum atomic E-state index is 13.1. The molecule has 22 heavy (non-hydrogen) atoms. The highest BCUT2D eigenvalue weighted by Crippen LogP contribution is 2.18. The van der Waals surface area contributed by atoms with E-state index in [4.69, 9.17) is 0 Å². The molecule has 2 heterocycles. The predicted molar refractivity (Wildman–Crippen MR) is 83.2 cm³/mol. The van der Waals surface area contributed by atoms with E-state index in [1.54, 1.807) is 13.0 Å². The molecule has 0 fully saturated rings. The standard InChI is InChI=1S/C15H12FN3O2S/c1-8-9(2)22-15-17-7-12(14(21)19(8)15)13(20)18-11-5-3-4-10(16)6-11/h3-7H,1-2H3,(H,18,20). The molecular formula is C15H12FN3O2S. The highest BCUT2D eigenvalue weighted by atomic mass is 32.1. The van der Waals surface area contributed by atoms with E-state index in [2.05, 4.69) is 10.3 Å². The first-order valence-electron chi connectivity index (χ1n) is 6.52. The van der Waals surface area contributed by atoms with E-state index in [1.165, 1.54) is 40.1 Å². The van der Waals surface area contributed by atoms with Gasteiger partial charge in [0.15, 0.2) is 4.96 Å². The zero-order valence-corrected chi connectivity index (χ0v) is 12.7. The summed E-state index contributed by atoms with van der Waals surface area (Å²) in [5.41, 5.74) is 0.536. The molecule has 112 valence electrons. The van der Waals surface area contributed by atoms with Gasteiger partial charge in [-0.2, -0.15) is 0 Å². The minimum atomic E-state index is -0.610. The van der Waals surface area contributed by atoms with E-state index in [9.17, 15) is 14.0 Å². The number of anilines is 1. The fourth-order valence-corrected chi connectivity index (χ4v) is 3.03. The lowest BCUT2D eigenvalue weighted by molar-refractivity contribution is 0.102. The number of halogens is 1. The minimum Gasteiger partial charge on any atom is -0.322 e. The van der Waals surface area contributed by atoms with Gasteiger partial charge in [-0.1, -0.05) is 6.07 Å². The number of rotatable bonds is 2. The van der Waals surface area contributed by atoms with E-state index in [0.717, 1.165) is 10.6 Å². The summed E-state index contributed by atoms with van der Waals surface area (Å²) in [6, 6.07) is 5.48. The van der Waals surface area contributed by atoms with Crippen LogP contribution in [0, 0.1) is 19.7 Å². The number of nitrogens with zero attached hydrogens (tertiary/aromatic N) is 2. The van der Waals surface area contributed by atoms with Crippen LogP contribution >= 0.6 is 11.3 Å². The van der Waals surface area contributed by atoms with Crippen LogP contribution in [0.25, 0.3) is 4.96 Å². The third kappa shape index (κ3) is 2.39. The summed E-state index contributed by atoms with van der Waals surface area (Å²) in [4.78, 5) is 30.3. The van der Waals surface area contributed by atoms with Gasteiger partial charge in [-0.25, -0.2) is 9.37 Å². The number of hydrogen-bond donors (Lipinski definition) is 1. The van der Waals surface area contributed by atoms with Crippen LogP contribution in [-0.2, 0) is 0 Å². The summed E-state index contributed by atoms with van der Waals surface area (Å²) in [6.45, 7) is 3.69. The van der Waals surface area contributed by atoms with Crippen molar-refractivity contribution in [2.45, 2.75) is 13.8 Å². The largest absolute Gasteiger partial charge is 0.322 e. The van der Waals surface area contributed by atoms with Crippen molar-refractivity contribution >= 4 is 27.9 Å². The van der Waals surface area contributed by atoms with Gasteiger partial charge >= 0.3 is 0 Å². The van der Waals surface area contributed by atoms with Crippen LogP contribution in [0.2, 0.25) is 0 Å². The summed E-state index contributed by atoms with van der Waals surface area (Å²) in [6.07, 6.45) is 1.25. The number of aryl methyl sites for hydroxylation is 2. The average Bonchev–Trinajstić information content (AvgIpc) is 2.75. The summed E-state index contributed by atoms with van der Waals surface area (Å²) in [5.74, 6) is -1.08. The van der Waals surface area contributed by atoms with Crippen LogP contribution in [0.15, 0.2) is 35.3 Å². The van der Waals surface area contributed by atoms with E-state index in [-0.39, 0.29) is 11.3 Å². The van der Waals surface area contributed by atoms with Crippen LogP contribution in [0.4, 0.5) is 10.1 Å². The Morgan fingerprint density at radius 3 is 2.86 bits per heavy atom. The van der Waals surface area contributed by atoms with Crippen molar-refractivity contribution in [3.8, 4) is 0 Å². The maximum absolute atomic E-state index is 13.1. The van der Waals surface area contributed by atoms with Gasteiger partial charge in [0.05, 0.1) is 0 Å². The first-order valence-corrected chi connectivity index (χ1v) is 7.33. The highest BCUT2D eigenvalue weighted by Gasteiger charge is 2.16. The number of aromatic nitrogens is 2. The predicted octanol–water partition coefficient (Wildman–Crippen LogP) is 2.76. The van der Waals surface area contributed by atoms with E-state index >= 15 is 0 Å². The maximum Gasteiger partial charge on any atom is 0.271 e. The van der Waals surface area contributed by atoms with Crippen LogP contribution in [0.5, 0.6) is 0 Å². The lowest BCUT2D eigenvalue weighted by Crippen LogP contribution is -2.26. The van der Waals surface area contributed by atoms with Gasteiger partial charge in [0.25, 0.3) is 11.5 Å². The van der Waals surface area contributed by atoms with Gasteiger partial charge in [0, 0.05) is 22.5 Å². The summed E-state index contributed by atoms with van der Waals surface area (Å²) in [7, 11) is 0. The molecule has 3 rings (SSSR count). The second kappa shape index (κ2) is 5.34. The first-order chi connectivity index (χ1) is 10.5. The number of carbonyl (C=O) groups excluding carboxylic acids is 1. The summed E-state index contributed by atoms with van der Waals surface area (Å²) in [5, 5.41) is 2.50. The van der Waals surface area contributed by atoms with Crippen LogP contribution < -0.4 is 10.9 Å². The molecule has 0 radical (unpaired) electrons. The molecule has 0 unspecified atom stereocenters. The fourth-order valence-electron chi connectivity index (χ4n) is 2.10. The Kier molecular flexibility index (Phi) is 3.50. The molecule has 3 aromatic rings. The van der Waals surface area contributed by atoms with E-state index in [1.807, 2.05) is 6.92 Å². The number of benzene rings is 1. The van der Waals surface area contributed by atoms with Crippen LogP contribution in [0.3, 0.4) is 0 Å². The summed E-state index contributed by atoms with van der Waals surface area (Å²) >= 11 is 1.39. The molecule has 0 aliphatic heterocycles. The fraction of sp³-hybridized carbons (Fsp3) is 0.133. The Morgan fingerprint density at radius 1 is 1.36 bits per heavy atom. The van der Waals surface area contributed by atoms with E-state index < -0.39 is 17.3 Å². The average molecular weight is 317 g/mol. The molecule has 0 aliphatic carbocycles. The minimum absolute atomic E-state index is 0.0809. The Bertz CT molecular complexity index is 946. The van der Waals surface area contributed by atoms with Crippen molar-refractivity contribution in [2.24, 2.45) is 0 Å². The smallest absolute Gasteiger partial charge is 0.271 e. The van der Waals surface area contributed by atoms with Crippen molar-refractivity contribution in [1.29, 1.82) is 0 Å². The van der Waals surface area contributed by atoms with Crippen molar-refractivity contribution in [2.75, 3.05) is 5.32 Å². The number of carbonyl (C=O) groups is 1. The number of nitrogens with one attached hydrogen (secondary N) is 1. The molecule has 1 amide bonds. The zero-order chi connectivity index (χ0) is 15.9.